The number of nitrogens with one attached hydrogen (secondary N) is 1. The maximum atomic E-state index is 12.5. The molecule has 20 heavy (non-hydrogen) atoms. The summed E-state index contributed by atoms with van der Waals surface area (Å²) < 4.78 is 5.57. The van der Waals surface area contributed by atoms with Crippen LogP contribution in [0.25, 0.3) is 0 Å². The zero-order valence-corrected chi connectivity index (χ0v) is 12.1. The van der Waals surface area contributed by atoms with Crippen LogP contribution < -0.4 is 15.0 Å². The van der Waals surface area contributed by atoms with Crippen LogP contribution >= 0.6 is 0 Å². The normalized spacial score (nSPS) is 22.6. The number of carbonyl (C=O) groups is 2. The smallest absolute Gasteiger partial charge is 0.250 e. The number of hydrogen-bond acceptors (Lipinski definition) is 3. The van der Waals surface area contributed by atoms with Crippen molar-refractivity contribution in [3.8, 4) is 5.75 Å². The molecule has 108 valence electrons. The number of nitrogens with zero attached hydrogens (tertiary/aromatic N) is 1. The maximum absolute atomic E-state index is 12.5. The van der Waals surface area contributed by atoms with E-state index in [1.807, 2.05) is 38.1 Å². The molecule has 1 saturated heterocycles. The molecule has 0 radical (unpaired) electrons. The molecule has 1 aromatic carbocycles. The van der Waals surface area contributed by atoms with E-state index in [0.717, 1.165) is 0 Å². The topological polar surface area (TPSA) is 58.6 Å². The number of anilines is 1. The van der Waals surface area contributed by atoms with Crippen LogP contribution in [0.1, 0.15) is 27.2 Å². The summed E-state index contributed by atoms with van der Waals surface area (Å²) in [5.41, 5.74) is 0.653. The van der Waals surface area contributed by atoms with Gasteiger partial charge in [0.25, 0.3) is 0 Å². The van der Waals surface area contributed by atoms with Gasteiger partial charge in [-0.1, -0.05) is 19.1 Å². The van der Waals surface area contributed by atoms with E-state index in [2.05, 4.69) is 5.32 Å². The summed E-state index contributed by atoms with van der Waals surface area (Å²) in [4.78, 5) is 26.1. The Morgan fingerprint density at radius 1 is 1.25 bits per heavy atom. The predicted octanol–water partition coefficient (Wildman–Crippen LogP) is 1.72. The Hall–Kier alpha value is -2.04. The quantitative estimate of drug-likeness (QED) is 0.911. The van der Waals surface area contributed by atoms with Gasteiger partial charge in [0.2, 0.25) is 11.8 Å². The minimum atomic E-state index is -0.535. The number of piperazine rings is 1. The Balaban J connectivity index is 2.42. The summed E-state index contributed by atoms with van der Waals surface area (Å²) in [5, 5.41) is 2.75. The van der Waals surface area contributed by atoms with Crippen LogP contribution in [-0.2, 0) is 9.59 Å². The van der Waals surface area contributed by atoms with Crippen LogP contribution in [0.5, 0.6) is 5.75 Å². The lowest BCUT2D eigenvalue weighted by Gasteiger charge is -2.37. The fraction of sp³-hybridized carbons (Fsp3) is 0.467. The number of ether oxygens (including phenoxy) is 1. The number of para-hydroxylation sites is 2. The van der Waals surface area contributed by atoms with Gasteiger partial charge in [-0.2, -0.15) is 0 Å². The van der Waals surface area contributed by atoms with Gasteiger partial charge in [0.15, 0.2) is 0 Å². The first kappa shape index (κ1) is 14.4. The summed E-state index contributed by atoms with van der Waals surface area (Å²) in [7, 11) is 0. The van der Waals surface area contributed by atoms with Crippen molar-refractivity contribution in [3.05, 3.63) is 24.3 Å². The van der Waals surface area contributed by atoms with E-state index in [-0.39, 0.29) is 11.8 Å². The number of hydrogen-bond donors (Lipinski definition) is 1. The van der Waals surface area contributed by atoms with E-state index in [0.29, 0.717) is 24.5 Å². The van der Waals surface area contributed by atoms with Gasteiger partial charge in [0.05, 0.1) is 12.3 Å². The van der Waals surface area contributed by atoms with Crippen LogP contribution in [-0.4, -0.2) is 30.5 Å². The lowest BCUT2D eigenvalue weighted by Crippen LogP contribution is -2.62. The molecule has 2 amide bonds. The number of benzene rings is 1. The molecule has 2 rings (SSSR count). The second kappa shape index (κ2) is 5.94. The zero-order chi connectivity index (χ0) is 14.7. The first-order valence-corrected chi connectivity index (χ1v) is 6.95. The van der Waals surface area contributed by atoms with Crippen LogP contribution in [0.4, 0.5) is 5.69 Å². The number of carbonyl (C=O) groups excluding carboxylic acids is 2. The molecule has 1 aromatic rings. The maximum Gasteiger partial charge on any atom is 0.250 e. The van der Waals surface area contributed by atoms with Crippen molar-refractivity contribution in [2.24, 2.45) is 0 Å². The molecule has 0 bridgehead atoms. The number of amides is 2. The van der Waals surface area contributed by atoms with Gasteiger partial charge in [-0.15, -0.1) is 0 Å². The third kappa shape index (κ3) is 2.48. The summed E-state index contributed by atoms with van der Waals surface area (Å²) >= 11 is 0. The second-order valence-corrected chi connectivity index (χ2v) is 4.75. The van der Waals surface area contributed by atoms with Crippen LogP contribution in [0, 0.1) is 0 Å². The molecular weight excluding hydrogens is 256 g/mol. The molecule has 2 unspecified atom stereocenters. The van der Waals surface area contributed by atoms with Gasteiger partial charge in [-0.3, -0.25) is 14.5 Å². The third-order valence-electron chi connectivity index (χ3n) is 3.45. The minimum absolute atomic E-state index is 0.0910. The van der Waals surface area contributed by atoms with Gasteiger partial charge in [0.1, 0.15) is 17.8 Å². The molecule has 5 nitrogen and oxygen atoms in total. The Morgan fingerprint density at radius 2 is 1.95 bits per heavy atom. The molecule has 5 heteroatoms. The molecule has 0 spiro atoms. The van der Waals surface area contributed by atoms with Crippen molar-refractivity contribution in [2.75, 3.05) is 11.5 Å². The van der Waals surface area contributed by atoms with Crippen molar-refractivity contribution in [2.45, 2.75) is 39.3 Å². The Labute approximate surface area is 118 Å². The first-order chi connectivity index (χ1) is 9.60. The van der Waals surface area contributed by atoms with Gasteiger partial charge in [0, 0.05) is 0 Å². The summed E-state index contributed by atoms with van der Waals surface area (Å²) in [6, 6.07) is 6.31. The highest BCUT2D eigenvalue weighted by atomic mass is 16.5. The molecule has 1 aliphatic rings. The van der Waals surface area contributed by atoms with Gasteiger partial charge in [-0.05, 0) is 32.4 Å². The fourth-order valence-electron chi connectivity index (χ4n) is 2.37. The van der Waals surface area contributed by atoms with E-state index in [1.165, 1.54) is 4.90 Å². The van der Waals surface area contributed by atoms with Crippen molar-refractivity contribution >= 4 is 17.5 Å². The van der Waals surface area contributed by atoms with E-state index in [1.54, 1.807) is 6.92 Å². The molecular formula is C15H20N2O3. The summed E-state index contributed by atoms with van der Waals surface area (Å²) in [6.45, 7) is 6.00. The second-order valence-electron chi connectivity index (χ2n) is 4.75. The number of rotatable bonds is 4. The fourth-order valence-corrected chi connectivity index (χ4v) is 2.37. The lowest BCUT2D eigenvalue weighted by atomic mass is 10.0. The van der Waals surface area contributed by atoms with Crippen molar-refractivity contribution in [3.63, 3.8) is 0 Å². The average molecular weight is 276 g/mol. The zero-order valence-electron chi connectivity index (χ0n) is 12.1. The Kier molecular flexibility index (Phi) is 4.27. The van der Waals surface area contributed by atoms with E-state index in [4.69, 9.17) is 4.74 Å². The molecule has 1 aliphatic heterocycles. The SMILES string of the molecule is CCOc1ccccc1N1C(=O)C(CC)NC(=O)C1C. The molecule has 1 heterocycles. The van der Waals surface area contributed by atoms with Crippen molar-refractivity contribution < 1.29 is 14.3 Å². The summed E-state index contributed by atoms with van der Waals surface area (Å²) in [6.07, 6.45) is 0.574. The van der Waals surface area contributed by atoms with Crippen LogP contribution in [0.15, 0.2) is 24.3 Å². The monoisotopic (exact) mass is 276 g/mol. The molecule has 0 aromatic heterocycles. The minimum Gasteiger partial charge on any atom is -0.492 e. The predicted molar refractivity (Wildman–Crippen MR) is 76.8 cm³/mol. The van der Waals surface area contributed by atoms with Gasteiger partial charge in [-0.25, -0.2) is 0 Å². The molecule has 0 saturated carbocycles. The molecule has 1 fully saturated rings. The van der Waals surface area contributed by atoms with Gasteiger partial charge < -0.3 is 10.1 Å². The standard InChI is InChI=1S/C15H20N2O3/c1-4-11-15(19)17(10(3)14(18)16-11)12-8-6-7-9-13(12)20-5-2/h6-11H,4-5H2,1-3H3,(H,16,18). The first-order valence-electron chi connectivity index (χ1n) is 6.95. The van der Waals surface area contributed by atoms with Crippen molar-refractivity contribution in [1.29, 1.82) is 0 Å². The third-order valence-corrected chi connectivity index (χ3v) is 3.45. The Bertz CT molecular complexity index is 516. The van der Waals surface area contributed by atoms with E-state index < -0.39 is 12.1 Å². The van der Waals surface area contributed by atoms with E-state index in [9.17, 15) is 9.59 Å². The van der Waals surface area contributed by atoms with Gasteiger partial charge >= 0.3 is 0 Å². The van der Waals surface area contributed by atoms with E-state index >= 15 is 0 Å². The van der Waals surface area contributed by atoms with Crippen molar-refractivity contribution in [1.82, 2.24) is 5.32 Å². The largest absolute Gasteiger partial charge is 0.492 e. The highest BCUT2D eigenvalue weighted by Crippen LogP contribution is 2.31. The average Bonchev–Trinajstić information content (AvgIpc) is 2.45. The summed E-state index contributed by atoms with van der Waals surface area (Å²) in [5.74, 6) is 0.397. The lowest BCUT2D eigenvalue weighted by molar-refractivity contribution is -0.133. The molecule has 2 atom stereocenters. The molecule has 0 aliphatic carbocycles. The highest BCUT2D eigenvalue weighted by molar-refractivity contribution is 6.08. The Morgan fingerprint density at radius 3 is 2.60 bits per heavy atom. The van der Waals surface area contributed by atoms with Crippen LogP contribution in [0.2, 0.25) is 0 Å². The highest BCUT2D eigenvalue weighted by Gasteiger charge is 2.39. The van der Waals surface area contributed by atoms with Crippen LogP contribution in [0.3, 0.4) is 0 Å². The molecule has 1 N–H and O–H groups in total.